The quantitative estimate of drug-likeness (QED) is 0.484. The van der Waals surface area contributed by atoms with Crippen LogP contribution in [-0.2, 0) is 0 Å². The second-order valence-electron chi connectivity index (χ2n) is 3.43. The largest absolute Gasteiger partial charge is 0.391 e. The van der Waals surface area contributed by atoms with E-state index >= 15 is 0 Å². The van der Waals surface area contributed by atoms with Crippen molar-refractivity contribution >= 4 is 0 Å². The first-order valence-corrected chi connectivity index (χ1v) is 3.89. The standard InChI is InChI=1S/C10H16O2/c1-5-7-9(12)10(3,4)8(11)6-2/h1,6,8-9,11-12H,2,7H2,3-4H3/t8-,9+/m0/s1. The maximum Gasteiger partial charge on any atom is 0.0794 e. The number of terminal acetylenes is 1. The summed E-state index contributed by atoms with van der Waals surface area (Å²) < 4.78 is 0. The van der Waals surface area contributed by atoms with Crippen LogP contribution in [0, 0.1) is 17.8 Å². The predicted octanol–water partition coefficient (Wildman–Crippen LogP) is 0.944. The minimum absolute atomic E-state index is 0.248. The summed E-state index contributed by atoms with van der Waals surface area (Å²) in [5.41, 5.74) is -0.631. The first-order chi connectivity index (χ1) is 5.46. The Balaban J connectivity index is 4.38. The van der Waals surface area contributed by atoms with E-state index in [1.54, 1.807) is 13.8 Å². The van der Waals surface area contributed by atoms with Gasteiger partial charge in [-0.15, -0.1) is 18.9 Å². The zero-order valence-corrected chi connectivity index (χ0v) is 7.62. The Morgan fingerprint density at radius 3 is 2.42 bits per heavy atom. The minimum Gasteiger partial charge on any atom is -0.391 e. The van der Waals surface area contributed by atoms with Crippen LogP contribution in [0.25, 0.3) is 0 Å². The summed E-state index contributed by atoms with van der Waals surface area (Å²) in [6.07, 6.45) is 5.27. The molecule has 12 heavy (non-hydrogen) atoms. The van der Waals surface area contributed by atoms with E-state index in [0.717, 1.165) is 0 Å². The molecule has 0 radical (unpaired) electrons. The molecular formula is C10H16O2. The predicted molar refractivity (Wildman–Crippen MR) is 49.4 cm³/mol. The molecule has 0 bridgehead atoms. The van der Waals surface area contributed by atoms with Gasteiger partial charge in [0.25, 0.3) is 0 Å². The molecule has 0 spiro atoms. The SMILES string of the molecule is C#CC[C@@H](O)C(C)(C)[C@@H](O)C=C. The Hall–Kier alpha value is -0.780. The van der Waals surface area contributed by atoms with Crippen LogP contribution in [0.2, 0.25) is 0 Å². The number of rotatable bonds is 4. The molecule has 0 fully saturated rings. The normalized spacial score (nSPS) is 16.2. The van der Waals surface area contributed by atoms with Crippen LogP contribution in [0.1, 0.15) is 20.3 Å². The van der Waals surface area contributed by atoms with Crippen molar-refractivity contribution in [3.63, 3.8) is 0 Å². The van der Waals surface area contributed by atoms with E-state index in [-0.39, 0.29) is 6.42 Å². The number of hydrogen-bond donors (Lipinski definition) is 2. The molecule has 0 heterocycles. The van der Waals surface area contributed by atoms with Gasteiger partial charge >= 0.3 is 0 Å². The molecule has 2 atom stereocenters. The number of aliphatic hydroxyl groups excluding tert-OH is 2. The average molecular weight is 168 g/mol. The highest BCUT2D eigenvalue weighted by Gasteiger charge is 2.32. The highest BCUT2D eigenvalue weighted by Crippen LogP contribution is 2.27. The molecule has 0 aliphatic carbocycles. The molecule has 0 aliphatic rings. The van der Waals surface area contributed by atoms with Crippen LogP contribution in [0.3, 0.4) is 0 Å². The van der Waals surface area contributed by atoms with Crippen LogP contribution in [0.15, 0.2) is 12.7 Å². The maximum atomic E-state index is 9.53. The molecule has 0 unspecified atom stereocenters. The highest BCUT2D eigenvalue weighted by atomic mass is 16.3. The molecule has 0 aromatic carbocycles. The van der Waals surface area contributed by atoms with Gasteiger partial charge in [0.2, 0.25) is 0 Å². The van der Waals surface area contributed by atoms with Crippen molar-refractivity contribution in [1.82, 2.24) is 0 Å². The lowest BCUT2D eigenvalue weighted by Gasteiger charge is -2.32. The van der Waals surface area contributed by atoms with Gasteiger partial charge in [0.05, 0.1) is 12.2 Å². The topological polar surface area (TPSA) is 40.5 Å². The highest BCUT2D eigenvalue weighted by molar-refractivity contribution is 4.99. The molecule has 0 aromatic heterocycles. The van der Waals surface area contributed by atoms with Crippen molar-refractivity contribution in [2.45, 2.75) is 32.5 Å². The Labute approximate surface area is 73.9 Å². The monoisotopic (exact) mass is 168 g/mol. The van der Waals surface area contributed by atoms with Crippen molar-refractivity contribution in [2.24, 2.45) is 5.41 Å². The molecule has 2 nitrogen and oxygen atoms in total. The fourth-order valence-electron chi connectivity index (χ4n) is 0.876. The van der Waals surface area contributed by atoms with Gasteiger partial charge in [-0.05, 0) is 0 Å². The first-order valence-electron chi connectivity index (χ1n) is 3.89. The Morgan fingerprint density at radius 1 is 1.58 bits per heavy atom. The Bertz CT molecular complexity index is 189. The van der Waals surface area contributed by atoms with Crippen molar-refractivity contribution < 1.29 is 10.2 Å². The van der Waals surface area contributed by atoms with E-state index in [0.29, 0.717) is 0 Å². The van der Waals surface area contributed by atoms with E-state index in [9.17, 15) is 10.2 Å². The van der Waals surface area contributed by atoms with Crippen molar-refractivity contribution in [3.05, 3.63) is 12.7 Å². The third-order valence-electron chi connectivity index (χ3n) is 2.16. The van der Waals surface area contributed by atoms with Crippen LogP contribution in [0.4, 0.5) is 0 Å². The zero-order valence-electron chi connectivity index (χ0n) is 7.62. The summed E-state index contributed by atoms with van der Waals surface area (Å²) in [5.74, 6) is 2.36. The molecule has 68 valence electrons. The van der Waals surface area contributed by atoms with E-state index in [4.69, 9.17) is 6.42 Å². The molecule has 0 amide bonds. The number of hydrogen-bond acceptors (Lipinski definition) is 2. The van der Waals surface area contributed by atoms with Gasteiger partial charge in [0.1, 0.15) is 0 Å². The van der Waals surface area contributed by atoms with Gasteiger partial charge in [-0.1, -0.05) is 19.9 Å². The molecule has 0 rings (SSSR count). The van der Waals surface area contributed by atoms with Crippen molar-refractivity contribution in [1.29, 1.82) is 0 Å². The van der Waals surface area contributed by atoms with E-state index in [1.807, 2.05) is 0 Å². The summed E-state index contributed by atoms with van der Waals surface area (Å²) in [6.45, 7) is 6.96. The summed E-state index contributed by atoms with van der Waals surface area (Å²) in [5, 5.41) is 19.0. The van der Waals surface area contributed by atoms with Crippen LogP contribution < -0.4 is 0 Å². The van der Waals surface area contributed by atoms with E-state index < -0.39 is 17.6 Å². The lowest BCUT2D eigenvalue weighted by atomic mass is 9.79. The second kappa shape index (κ2) is 4.30. The Kier molecular flexibility index (Phi) is 4.02. The lowest BCUT2D eigenvalue weighted by Crippen LogP contribution is -2.39. The van der Waals surface area contributed by atoms with Crippen molar-refractivity contribution in [3.8, 4) is 12.3 Å². The third kappa shape index (κ3) is 2.37. The minimum atomic E-state index is -0.735. The third-order valence-corrected chi connectivity index (χ3v) is 2.16. The molecule has 2 heteroatoms. The van der Waals surface area contributed by atoms with Crippen LogP contribution in [-0.4, -0.2) is 22.4 Å². The van der Waals surface area contributed by atoms with Gasteiger partial charge in [-0.25, -0.2) is 0 Å². The lowest BCUT2D eigenvalue weighted by molar-refractivity contribution is -0.0222. The fourth-order valence-corrected chi connectivity index (χ4v) is 0.876. The molecular weight excluding hydrogens is 152 g/mol. The summed E-state index contributed by atoms with van der Waals surface area (Å²) in [7, 11) is 0. The summed E-state index contributed by atoms with van der Waals surface area (Å²) >= 11 is 0. The zero-order chi connectivity index (χ0) is 9.78. The first kappa shape index (κ1) is 11.2. The molecule has 0 aromatic rings. The van der Waals surface area contributed by atoms with Gasteiger partial charge in [-0.3, -0.25) is 0 Å². The van der Waals surface area contributed by atoms with Gasteiger partial charge < -0.3 is 10.2 Å². The van der Waals surface area contributed by atoms with Crippen LogP contribution >= 0.6 is 0 Å². The summed E-state index contributed by atoms with van der Waals surface area (Å²) in [4.78, 5) is 0. The number of aliphatic hydroxyl groups is 2. The van der Waals surface area contributed by atoms with Crippen molar-refractivity contribution in [2.75, 3.05) is 0 Å². The van der Waals surface area contributed by atoms with E-state index in [1.165, 1.54) is 6.08 Å². The van der Waals surface area contributed by atoms with Gasteiger partial charge in [0.15, 0.2) is 0 Å². The average Bonchev–Trinajstić information content (AvgIpc) is 2.03. The molecule has 2 N–H and O–H groups in total. The van der Waals surface area contributed by atoms with Crippen LogP contribution in [0.5, 0.6) is 0 Å². The van der Waals surface area contributed by atoms with Gasteiger partial charge in [-0.2, -0.15) is 0 Å². The second-order valence-corrected chi connectivity index (χ2v) is 3.43. The maximum absolute atomic E-state index is 9.53. The molecule has 0 saturated carbocycles. The molecule has 0 saturated heterocycles. The van der Waals surface area contributed by atoms with Gasteiger partial charge in [0, 0.05) is 11.8 Å². The Morgan fingerprint density at radius 2 is 2.08 bits per heavy atom. The van der Waals surface area contributed by atoms with E-state index in [2.05, 4.69) is 12.5 Å². The summed E-state index contributed by atoms with van der Waals surface area (Å²) in [6, 6.07) is 0. The fraction of sp³-hybridized carbons (Fsp3) is 0.600. The molecule has 0 aliphatic heterocycles. The smallest absolute Gasteiger partial charge is 0.0794 e.